The van der Waals surface area contributed by atoms with Crippen LogP contribution in [0.4, 0.5) is 36.3 Å². The summed E-state index contributed by atoms with van der Waals surface area (Å²) < 4.78 is 88.6. The third-order valence-corrected chi connectivity index (χ3v) is 8.84. The van der Waals surface area contributed by atoms with Gasteiger partial charge in [0.25, 0.3) is 0 Å². The average molecular weight is 530 g/mol. The molecule has 0 saturated carbocycles. The molecule has 14 heteroatoms. The first kappa shape index (κ1) is 26.3. The number of hydrogen-bond acceptors (Lipinski definition) is 9. The lowest BCUT2D eigenvalue weighted by atomic mass is 10.3. The molecule has 0 atom stereocenters. The summed E-state index contributed by atoms with van der Waals surface area (Å²) in [5.41, 5.74) is -0.903. The topological polar surface area (TPSA) is 131 Å². The van der Waals surface area contributed by atoms with E-state index < -0.39 is 36.7 Å². The molecule has 2 heterocycles. The summed E-state index contributed by atoms with van der Waals surface area (Å²) in [4.78, 5) is 11.5. The van der Waals surface area contributed by atoms with Gasteiger partial charge in [-0.2, -0.15) is 13.2 Å². The molecule has 3 aromatic rings. The molecule has 0 radical (unpaired) electrons. The highest BCUT2D eigenvalue weighted by Gasteiger charge is 2.30. The van der Waals surface area contributed by atoms with Crippen molar-refractivity contribution in [2.45, 2.75) is 42.0 Å². The van der Waals surface area contributed by atoms with E-state index >= 15 is 0 Å². The molecule has 0 aliphatic rings. The number of halogens is 3. The van der Waals surface area contributed by atoms with E-state index in [1.165, 1.54) is 45.0 Å². The fourth-order valence-electron chi connectivity index (χ4n) is 2.87. The van der Waals surface area contributed by atoms with Crippen LogP contribution in [0.2, 0.25) is 0 Å². The highest BCUT2D eigenvalue weighted by atomic mass is 32.2. The molecule has 0 fully saturated rings. The van der Waals surface area contributed by atoms with E-state index in [1.807, 2.05) is 0 Å². The average Bonchev–Trinajstić information content (AvgIpc) is 2.79. The number of anilines is 4. The van der Waals surface area contributed by atoms with Crippen LogP contribution in [0.1, 0.15) is 26.3 Å². The molecule has 0 bridgehead atoms. The van der Waals surface area contributed by atoms with Gasteiger partial charge < -0.3 is 10.6 Å². The zero-order valence-electron chi connectivity index (χ0n) is 18.8. The van der Waals surface area contributed by atoms with Gasteiger partial charge in [-0.3, -0.25) is 0 Å². The second-order valence-corrected chi connectivity index (χ2v) is 12.4. The van der Waals surface area contributed by atoms with Crippen molar-refractivity contribution < 1.29 is 30.0 Å². The molecule has 2 aromatic heterocycles. The molecular weight excluding hydrogens is 507 g/mol. The highest BCUT2D eigenvalue weighted by Crippen LogP contribution is 2.31. The van der Waals surface area contributed by atoms with Crippen LogP contribution >= 0.6 is 0 Å². The van der Waals surface area contributed by atoms with Crippen LogP contribution in [0.5, 0.6) is 0 Å². The van der Waals surface area contributed by atoms with E-state index in [1.54, 1.807) is 0 Å². The molecule has 0 spiro atoms. The van der Waals surface area contributed by atoms with Crippen LogP contribution < -0.4 is 10.6 Å². The number of pyridine rings is 1. The Balaban J connectivity index is 1.96. The van der Waals surface area contributed by atoms with Crippen molar-refractivity contribution in [2.75, 3.05) is 16.4 Å². The van der Waals surface area contributed by atoms with Crippen molar-refractivity contribution in [3.8, 4) is 0 Å². The molecule has 9 nitrogen and oxygen atoms in total. The number of alkyl halides is 3. The molecule has 1 aromatic carbocycles. The van der Waals surface area contributed by atoms with Gasteiger partial charge in [0.2, 0.25) is 0 Å². The largest absolute Gasteiger partial charge is 0.417 e. The molecule has 3 rings (SSSR count). The predicted octanol–water partition coefficient (Wildman–Crippen LogP) is 4.35. The first-order chi connectivity index (χ1) is 16.2. The van der Waals surface area contributed by atoms with Gasteiger partial charge in [0.05, 0.1) is 32.0 Å². The van der Waals surface area contributed by atoms with Crippen LogP contribution in [0.3, 0.4) is 0 Å². The van der Waals surface area contributed by atoms with Crippen molar-refractivity contribution >= 4 is 42.8 Å². The lowest BCUT2D eigenvalue weighted by Gasteiger charge is -2.16. The zero-order chi connectivity index (χ0) is 26.0. The number of sulfone groups is 2. The standard InChI is InChI=1S/C21H22F3N5O4S2/c1-4-34(30,31)15-6-7-17(35(32,33)13(2)3)16(9-15)28-19-10-20(27-12-26-19)29-18-8-5-14(11-25-18)21(22,23)24/h5-13H,4H2,1-3H3,(H2,25,26,27,28,29). The lowest BCUT2D eigenvalue weighted by Crippen LogP contribution is -2.16. The van der Waals surface area contributed by atoms with Crippen LogP contribution in [-0.2, 0) is 25.9 Å². The summed E-state index contributed by atoms with van der Waals surface area (Å²) in [5, 5.41) is 4.78. The molecule has 0 aliphatic carbocycles. The summed E-state index contributed by atoms with van der Waals surface area (Å²) >= 11 is 0. The van der Waals surface area contributed by atoms with Crippen LogP contribution in [0.15, 0.2) is 58.7 Å². The Kier molecular flexibility index (Phi) is 7.36. The SMILES string of the molecule is CCS(=O)(=O)c1ccc(S(=O)(=O)C(C)C)c(Nc2cc(Nc3ccc(C(F)(F)F)cn3)ncn2)c1. The van der Waals surface area contributed by atoms with Crippen molar-refractivity contribution in [2.24, 2.45) is 0 Å². The number of aromatic nitrogens is 3. The molecule has 0 aliphatic heterocycles. The fourth-order valence-corrected chi connectivity index (χ4v) is 4.96. The maximum absolute atomic E-state index is 12.9. The summed E-state index contributed by atoms with van der Waals surface area (Å²) in [5.74, 6) is 0.174. The van der Waals surface area contributed by atoms with Crippen LogP contribution in [0, 0.1) is 0 Å². The monoisotopic (exact) mass is 529 g/mol. The van der Waals surface area contributed by atoms with Crippen molar-refractivity contribution in [1.82, 2.24) is 15.0 Å². The molecule has 0 amide bonds. The third kappa shape index (κ3) is 6.06. The van der Waals surface area contributed by atoms with Crippen molar-refractivity contribution in [3.63, 3.8) is 0 Å². The maximum atomic E-state index is 12.9. The minimum Gasteiger partial charge on any atom is -0.339 e. The normalized spacial score (nSPS) is 12.5. The third-order valence-electron chi connectivity index (χ3n) is 4.89. The number of nitrogens with one attached hydrogen (secondary N) is 2. The van der Waals surface area contributed by atoms with Gasteiger partial charge in [-0.15, -0.1) is 0 Å². The Bertz CT molecular complexity index is 1430. The number of benzene rings is 1. The Morgan fingerprint density at radius 3 is 2.09 bits per heavy atom. The lowest BCUT2D eigenvalue weighted by molar-refractivity contribution is -0.137. The van der Waals surface area contributed by atoms with Crippen molar-refractivity contribution in [3.05, 3.63) is 54.5 Å². The second kappa shape index (κ2) is 9.77. The molecule has 0 saturated heterocycles. The van der Waals surface area contributed by atoms with E-state index in [2.05, 4.69) is 25.6 Å². The Hall–Kier alpha value is -3.26. The number of hydrogen-bond donors (Lipinski definition) is 2. The zero-order valence-corrected chi connectivity index (χ0v) is 20.5. The summed E-state index contributed by atoms with van der Waals surface area (Å²) in [6.07, 6.45) is -2.71. The Morgan fingerprint density at radius 1 is 0.886 bits per heavy atom. The van der Waals surface area contributed by atoms with Crippen molar-refractivity contribution in [1.29, 1.82) is 0 Å². The molecular formula is C21H22F3N5O4S2. The van der Waals surface area contributed by atoms with Gasteiger partial charge in [-0.25, -0.2) is 31.8 Å². The summed E-state index contributed by atoms with van der Waals surface area (Å²) in [6.45, 7) is 4.47. The van der Waals surface area contributed by atoms with E-state index in [4.69, 9.17) is 0 Å². The molecule has 2 N–H and O–H groups in total. The Morgan fingerprint density at radius 2 is 1.54 bits per heavy atom. The number of nitrogens with zero attached hydrogens (tertiary/aromatic N) is 3. The molecule has 0 unspecified atom stereocenters. The minimum absolute atomic E-state index is 0.00512. The van der Waals surface area contributed by atoms with Crippen LogP contribution in [-0.4, -0.2) is 42.8 Å². The van der Waals surface area contributed by atoms with Gasteiger partial charge in [0.1, 0.15) is 23.8 Å². The van der Waals surface area contributed by atoms with Gasteiger partial charge in [-0.1, -0.05) is 6.92 Å². The smallest absolute Gasteiger partial charge is 0.339 e. The first-order valence-corrected chi connectivity index (χ1v) is 13.4. The van der Waals surface area contributed by atoms with E-state index in [0.717, 1.165) is 18.5 Å². The Labute approximate surface area is 200 Å². The molecule has 35 heavy (non-hydrogen) atoms. The van der Waals surface area contributed by atoms with Gasteiger partial charge in [0.15, 0.2) is 19.7 Å². The minimum atomic E-state index is -4.52. The maximum Gasteiger partial charge on any atom is 0.417 e. The van der Waals surface area contributed by atoms with E-state index in [9.17, 15) is 30.0 Å². The van der Waals surface area contributed by atoms with Gasteiger partial charge in [0, 0.05) is 12.3 Å². The second-order valence-electron chi connectivity index (χ2n) is 7.62. The predicted molar refractivity (Wildman–Crippen MR) is 124 cm³/mol. The summed E-state index contributed by atoms with van der Waals surface area (Å²) in [6, 6.07) is 7.05. The highest BCUT2D eigenvalue weighted by molar-refractivity contribution is 7.92. The molecule has 188 valence electrons. The van der Waals surface area contributed by atoms with E-state index in [-0.39, 0.29) is 38.7 Å². The number of rotatable bonds is 8. The van der Waals surface area contributed by atoms with E-state index in [0.29, 0.717) is 6.20 Å². The van der Waals surface area contributed by atoms with Crippen LogP contribution in [0.25, 0.3) is 0 Å². The fraction of sp³-hybridized carbons (Fsp3) is 0.286. The summed E-state index contributed by atoms with van der Waals surface area (Å²) in [7, 11) is -7.42. The first-order valence-electron chi connectivity index (χ1n) is 10.2. The van der Waals surface area contributed by atoms with Gasteiger partial charge in [-0.05, 0) is 44.2 Å². The quantitative estimate of drug-likeness (QED) is 0.437. The van der Waals surface area contributed by atoms with Gasteiger partial charge >= 0.3 is 6.18 Å².